The van der Waals surface area contributed by atoms with Gasteiger partial charge in [-0.2, -0.15) is 52.7 Å². The van der Waals surface area contributed by atoms with Crippen molar-refractivity contribution in [2.24, 2.45) is 0 Å². The number of aromatic nitrogens is 2. The van der Waals surface area contributed by atoms with E-state index in [9.17, 15) is 52.7 Å². The molecule has 0 bridgehead atoms. The van der Waals surface area contributed by atoms with E-state index < -0.39 is 53.9 Å². The Hall–Kier alpha value is -1.76. The van der Waals surface area contributed by atoms with Crippen LogP contribution >= 0.6 is 0 Å². The van der Waals surface area contributed by atoms with E-state index in [0.29, 0.717) is 0 Å². The summed E-state index contributed by atoms with van der Waals surface area (Å²) in [6.07, 6.45) is -26.1. The maximum Gasteiger partial charge on any atom is 0.434 e. The van der Waals surface area contributed by atoms with Gasteiger partial charge in [-0.25, -0.2) is 9.97 Å². The van der Waals surface area contributed by atoms with E-state index in [-0.39, 0.29) is 0 Å². The van der Waals surface area contributed by atoms with Crippen LogP contribution in [0.25, 0.3) is 0 Å². The fraction of sp³-hybridized carbons (Fsp3) is 0.556. The molecule has 2 nitrogen and oxygen atoms in total. The lowest BCUT2D eigenvalue weighted by Crippen LogP contribution is -2.28. The second-order valence-electron chi connectivity index (χ2n) is 4.00. The number of hydrogen-bond donors (Lipinski definition) is 0. The monoisotopic (exact) mass is 366 g/mol. The minimum Gasteiger partial charge on any atom is -0.227 e. The zero-order valence-corrected chi connectivity index (χ0v) is 10.1. The first-order chi connectivity index (χ1) is 9.93. The third-order valence-electron chi connectivity index (χ3n) is 2.13. The summed E-state index contributed by atoms with van der Waals surface area (Å²) in [6.45, 7) is 0. The van der Waals surface area contributed by atoms with E-state index in [2.05, 4.69) is 0 Å². The molecular formula is C9H2F12N2. The quantitative estimate of drug-likeness (QED) is 0.677. The minimum atomic E-state index is -6.19. The lowest BCUT2D eigenvalue weighted by molar-refractivity contribution is -0.179. The molecule has 0 aliphatic rings. The molecule has 0 radical (unpaired) electrons. The van der Waals surface area contributed by atoms with Gasteiger partial charge in [0, 0.05) is 0 Å². The summed E-state index contributed by atoms with van der Waals surface area (Å²) >= 11 is 0. The Labute approximate surface area is 118 Å². The molecule has 1 aromatic rings. The average Bonchev–Trinajstić information content (AvgIpc) is 2.21. The second kappa shape index (κ2) is 5.40. The fourth-order valence-electron chi connectivity index (χ4n) is 1.44. The van der Waals surface area contributed by atoms with Gasteiger partial charge in [0.2, 0.25) is 0 Å². The van der Waals surface area contributed by atoms with Gasteiger partial charge in [0.25, 0.3) is 0 Å². The van der Waals surface area contributed by atoms with Crippen molar-refractivity contribution >= 4 is 0 Å². The van der Waals surface area contributed by atoms with Crippen LogP contribution in [0, 0.1) is 0 Å². The van der Waals surface area contributed by atoms with Crippen LogP contribution in [-0.4, -0.2) is 16.1 Å². The SMILES string of the molecule is FC(F)(F)Cc1nc(C(F)(F)F)c(C(F)(F)F)c(C(F)(F)F)n1. The molecule has 14 heteroatoms. The van der Waals surface area contributed by atoms with Crippen LogP contribution < -0.4 is 0 Å². The van der Waals surface area contributed by atoms with Gasteiger partial charge in [-0.1, -0.05) is 0 Å². The van der Waals surface area contributed by atoms with Crippen molar-refractivity contribution in [2.45, 2.75) is 31.1 Å². The van der Waals surface area contributed by atoms with E-state index in [4.69, 9.17) is 0 Å². The molecule has 0 saturated heterocycles. The molecular weight excluding hydrogens is 364 g/mol. The molecule has 0 aromatic carbocycles. The third kappa shape index (κ3) is 4.86. The molecule has 0 spiro atoms. The largest absolute Gasteiger partial charge is 0.434 e. The number of nitrogens with zero attached hydrogens (tertiary/aromatic N) is 2. The molecule has 0 saturated carbocycles. The van der Waals surface area contributed by atoms with E-state index in [1.54, 1.807) is 0 Å². The molecule has 0 unspecified atom stereocenters. The van der Waals surface area contributed by atoms with Crippen molar-refractivity contribution < 1.29 is 52.7 Å². The number of alkyl halides is 12. The van der Waals surface area contributed by atoms with Crippen molar-refractivity contribution in [2.75, 3.05) is 0 Å². The van der Waals surface area contributed by atoms with Crippen LogP contribution in [0.1, 0.15) is 22.8 Å². The summed E-state index contributed by atoms with van der Waals surface area (Å²) < 4.78 is 149. The Bertz CT molecular complexity index is 541. The predicted molar refractivity (Wildman–Crippen MR) is 46.8 cm³/mol. The minimum absolute atomic E-state index is 1.99. The smallest absolute Gasteiger partial charge is 0.227 e. The third-order valence-corrected chi connectivity index (χ3v) is 2.13. The molecule has 0 atom stereocenters. The summed E-state index contributed by atoms with van der Waals surface area (Å²) in [5.41, 5.74) is -9.55. The van der Waals surface area contributed by atoms with Gasteiger partial charge in [0.1, 0.15) is 17.8 Å². The molecule has 0 amide bonds. The van der Waals surface area contributed by atoms with Crippen molar-refractivity contribution in [3.63, 3.8) is 0 Å². The summed E-state index contributed by atoms with van der Waals surface area (Å²) in [6, 6.07) is 0. The van der Waals surface area contributed by atoms with Crippen LogP contribution in [-0.2, 0) is 24.9 Å². The highest BCUT2D eigenvalue weighted by Crippen LogP contribution is 2.45. The Kier molecular flexibility index (Phi) is 4.53. The van der Waals surface area contributed by atoms with Crippen LogP contribution in [0.3, 0.4) is 0 Å². The Morgan fingerprint density at radius 3 is 1.13 bits per heavy atom. The average molecular weight is 366 g/mol. The van der Waals surface area contributed by atoms with Crippen molar-refractivity contribution in [3.05, 3.63) is 22.8 Å². The Morgan fingerprint density at radius 2 is 0.913 bits per heavy atom. The van der Waals surface area contributed by atoms with Crippen molar-refractivity contribution in [1.82, 2.24) is 9.97 Å². The molecule has 0 fully saturated rings. The summed E-state index contributed by atoms with van der Waals surface area (Å²) in [4.78, 5) is 3.99. The zero-order valence-electron chi connectivity index (χ0n) is 10.1. The van der Waals surface area contributed by atoms with Gasteiger partial charge >= 0.3 is 24.7 Å². The molecule has 1 aromatic heterocycles. The second-order valence-corrected chi connectivity index (χ2v) is 4.00. The highest BCUT2D eigenvalue weighted by molar-refractivity contribution is 5.33. The first-order valence-electron chi connectivity index (χ1n) is 5.12. The van der Waals surface area contributed by atoms with Crippen molar-refractivity contribution in [1.29, 1.82) is 0 Å². The lowest BCUT2D eigenvalue weighted by atomic mass is 10.1. The first kappa shape index (κ1) is 19.3. The molecule has 132 valence electrons. The normalized spacial score (nSPS) is 14.3. The van der Waals surface area contributed by atoms with Crippen molar-refractivity contribution in [3.8, 4) is 0 Å². The van der Waals surface area contributed by atoms with Crippen LogP contribution in [0.5, 0.6) is 0 Å². The van der Waals surface area contributed by atoms with Gasteiger partial charge in [-0.05, 0) is 0 Å². The topological polar surface area (TPSA) is 25.8 Å². The van der Waals surface area contributed by atoms with Gasteiger partial charge in [0.15, 0.2) is 11.4 Å². The lowest BCUT2D eigenvalue weighted by Gasteiger charge is -2.20. The Morgan fingerprint density at radius 1 is 0.565 bits per heavy atom. The summed E-state index contributed by atoms with van der Waals surface area (Å²) in [7, 11) is 0. The van der Waals surface area contributed by atoms with Crippen LogP contribution in [0.15, 0.2) is 0 Å². The summed E-state index contributed by atoms with van der Waals surface area (Å²) in [5, 5.41) is 0. The highest BCUT2D eigenvalue weighted by Gasteiger charge is 2.53. The molecule has 23 heavy (non-hydrogen) atoms. The molecule has 0 aliphatic carbocycles. The van der Waals surface area contributed by atoms with Gasteiger partial charge in [-0.3, -0.25) is 0 Å². The standard InChI is InChI=1S/C9H2F12N2/c10-6(11,12)1-2-22-4(8(16,17)18)3(7(13,14)15)5(23-2)9(19,20)21/h1H2. The number of rotatable bonds is 1. The van der Waals surface area contributed by atoms with Gasteiger partial charge in [-0.15, -0.1) is 0 Å². The van der Waals surface area contributed by atoms with E-state index >= 15 is 0 Å². The number of hydrogen-bond acceptors (Lipinski definition) is 2. The maximum atomic E-state index is 12.5. The highest BCUT2D eigenvalue weighted by atomic mass is 19.4. The summed E-state index contributed by atoms with van der Waals surface area (Å²) in [5.74, 6) is -2.08. The van der Waals surface area contributed by atoms with E-state index in [1.807, 2.05) is 9.97 Å². The molecule has 1 heterocycles. The maximum absolute atomic E-state index is 12.5. The predicted octanol–water partition coefficient (Wildman–Crippen LogP) is 4.64. The van der Waals surface area contributed by atoms with Crippen LogP contribution in [0.2, 0.25) is 0 Å². The molecule has 1 rings (SSSR count). The Balaban J connectivity index is 3.80. The first-order valence-corrected chi connectivity index (χ1v) is 5.12. The zero-order chi connectivity index (χ0) is 18.4. The molecule has 0 aliphatic heterocycles. The van der Waals surface area contributed by atoms with Gasteiger partial charge in [0.05, 0.1) is 0 Å². The van der Waals surface area contributed by atoms with E-state index in [0.717, 1.165) is 0 Å². The van der Waals surface area contributed by atoms with Gasteiger partial charge < -0.3 is 0 Å². The number of halogens is 12. The fourth-order valence-corrected chi connectivity index (χ4v) is 1.44. The van der Waals surface area contributed by atoms with E-state index in [1.165, 1.54) is 0 Å². The van der Waals surface area contributed by atoms with Crippen LogP contribution in [0.4, 0.5) is 52.7 Å². The molecule has 0 N–H and O–H groups in total.